The van der Waals surface area contributed by atoms with Crippen LogP contribution in [0.1, 0.15) is 5.56 Å². The van der Waals surface area contributed by atoms with E-state index in [1.807, 2.05) is 6.07 Å². The number of hydrogen-bond acceptors (Lipinski definition) is 2. The molecule has 0 unspecified atom stereocenters. The number of allylic oxidation sites excluding steroid dienone is 1. The topological polar surface area (TPSA) is 39.2 Å². The van der Waals surface area contributed by atoms with Gasteiger partial charge in [-0.25, -0.2) is 0 Å². The normalized spacial score (nSPS) is 9.33. The predicted octanol–water partition coefficient (Wildman–Crippen LogP) is 1.29. The Balaban J connectivity index is 2.58. The first kappa shape index (κ1) is 5.95. The van der Waals surface area contributed by atoms with Crippen molar-refractivity contribution in [2.45, 2.75) is 6.42 Å². The van der Waals surface area contributed by atoms with Crippen molar-refractivity contribution in [3.05, 3.63) is 36.4 Å². The maximum absolute atomic E-state index is 5.35. The number of hydrogen-bond donors (Lipinski definition) is 1. The van der Waals surface area contributed by atoms with Gasteiger partial charge in [-0.05, 0) is 11.6 Å². The minimum atomic E-state index is 0.663. The first-order chi connectivity index (χ1) is 4.29. The molecule has 9 heavy (non-hydrogen) atoms. The average Bonchev–Trinajstić information content (AvgIpc) is 2.15. The summed E-state index contributed by atoms with van der Waals surface area (Å²) < 4.78 is 4.82. The Morgan fingerprint density at radius 3 is 3.00 bits per heavy atom. The molecule has 1 aromatic heterocycles. The summed E-state index contributed by atoms with van der Waals surface area (Å²) in [7, 11) is 0. The summed E-state index contributed by atoms with van der Waals surface area (Å²) in [4.78, 5) is 0. The molecule has 0 aliphatic heterocycles. The predicted molar refractivity (Wildman–Crippen MR) is 35.7 cm³/mol. The van der Waals surface area contributed by atoms with Crippen LogP contribution in [-0.2, 0) is 6.42 Å². The first-order valence-corrected chi connectivity index (χ1v) is 2.73. The van der Waals surface area contributed by atoms with E-state index in [1.54, 1.807) is 12.5 Å². The Morgan fingerprint density at radius 2 is 2.56 bits per heavy atom. The van der Waals surface area contributed by atoms with E-state index >= 15 is 0 Å². The van der Waals surface area contributed by atoms with Gasteiger partial charge in [0.05, 0.1) is 12.5 Å². The maximum atomic E-state index is 5.35. The fourth-order valence-electron chi connectivity index (χ4n) is 0.655. The number of furan rings is 1. The van der Waals surface area contributed by atoms with Crippen molar-refractivity contribution in [3.8, 4) is 0 Å². The van der Waals surface area contributed by atoms with Crippen molar-refractivity contribution in [2.24, 2.45) is 5.73 Å². The van der Waals surface area contributed by atoms with Gasteiger partial charge in [0.25, 0.3) is 0 Å². The van der Waals surface area contributed by atoms with Crippen molar-refractivity contribution in [2.75, 3.05) is 0 Å². The van der Waals surface area contributed by atoms with Crippen LogP contribution in [0.3, 0.4) is 0 Å². The number of rotatable bonds is 2. The highest BCUT2D eigenvalue weighted by Gasteiger charge is 1.92. The molecule has 0 aliphatic carbocycles. The van der Waals surface area contributed by atoms with Gasteiger partial charge in [-0.1, -0.05) is 6.58 Å². The van der Waals surface area contributed by atoms with Crippen molar-refractivity contribution in [1.82, 2.24) is 0 Å². The van der Waals surface area contributed by atoms with E-state index in [-0.39, 0.29) is 0 Å². The van der Waals surface area contributed by atoms with E-state index < -0.39 is 0 Å². The molecule has 0 fully saturated rings. The van der Waals surface area contributed by atoms with E-state index in [4.69, 9.17) is 10.2 Å². The van der Waals surface area contributed by atoms with Crippen molar-refractivity contribution >= 4 is 0 Å². The molecule has 2 N–H and O–H groups in total. The lowest BCUT2D eigenvalue weighted by atomic mass is 10.2. The van der Waals surface area contributed by atoms with Crippen LogP contribution in [0.25, 0.3) is 0 Å². The summed E-state index contributed by atoms with van der Waals surface area (Å²) in [6, 6.07) is 1.87. The van der Waals surface area contributed by atoms with Crippen LogP contribution in [0.2, 0.25) is 0 Å². The van der Waals surface area contributed by atoms with Crippen LogP contribution in [0.5, 0.6) is 0 Å². The molecular weight excluding hydrogens is 114 g/mol. The quantitative estimate of drug-likeness (QED) is 0.643. The standard InChI is InChI=1S/C7H9NO/c1-6(8)4-7-2-3-9-5-7/h2-3,5H,1,4,8H2. The molecule has 0 aromatic carbocycles. The van der Waals surface area contributed by atoms with Crippen molar-refractivity contribution in [1.29, 1.82) is 0 Å². The molecule has 0 saturated carbocycles. The molecule has 0 amide bonds. The highest BCUT2D eigenvalue weighted by molar-refractivity contribution is 5.12. The van der Waals surface area contributed by atoms with Gasteiger partial charge in [-0.3, -0.25) is 0 Å². The summed E-state index contributed by atoms with van der Waals surface area (Å²) in [5.41, 5.74) is 7.08. The van der Waals surface area contributed by atoms with Crippen LogP contribution in [0, 0.1) is 0 Å². The lowest BCUT2D eigenvalue weighted by Gasteiger charge is -1.91. The van der Waals surface area contributed by atoms with Gasteiger partial charge in [-0.15, -0.1) is 0 Å². The Morgan fingerprint density at radius 1 is 1.78 bits per heavy atom. The molecule has 2 nitrogen and oxygen atoms in total. The van der Waals surface area contributed by atoms with E-state index in [0.717, 1.165) is 5.56 Å². The SMILES string of the molecule is C=C(N)Cc1ccoc1. The molecule has 48 valence electrons. The summed E-state index contributed by atoms with van der Waals surface area (Å²) in [6.45, 7) is 3.57. The maximum Gasteiger partial charge on any atom is 0.0938 e. The summed E-state index contributed by atoms with van der Waals surface area (Å²) in [5, 5.41) is 0. The first-order valence-electron chi connectivity index (χ1n) is 2.73. The third kappa shape index (κ3) is 1.64. The fourth-order valence-corrected chi connectivity index (χ4v) is 0.655. The zero-order valence-corrected chi connectivity index (χ0v) is 5.13. The third-order valence-electron chi connectivity index (χ3n) is 1.01. The zero-order chi connectivity index (χ0) is 6.69. The van der Waals surface area contributed by atoms with Crippen LogP contribution in [-0.4, -0.2) is 0 Å². The lowest BCUT2D eigenvalue weighted by molar-refractivity contribution is 0.564. The lowest BCUT2D eigenvalue weighted by Crippen LogP contribution is -1.97. The minimum absolute atomic E-state index is 0.663. The molecule has 0 spiro atoms. The second kappa shape index (κ2) is 2.40. The van der Waals surface area contributed by atoms with Gasteiger partial charge in [0, 0.05) is 12.1 Å². The summed E-state index contributed by atoms with van der Waals surface area (Å²) in [6.07, 6.45) is 3.99. The molecule has 1 heterocycles. The van der Waals surface area contributed by atoms with Crippen LogP contribution in [0.15, 0.2) is 35.3 Å². The van der Waals surface area contributed by atoms with Gasteiger partial charge in [0.15, 0.2) is 0 Å². The molecule has 0 aliphatic rings. The molecule has 0 saturated heterocycles. The van der Waals surface area contributed by atoms with Crippen LogP contribution in [0.4, 0.5) is 0 Å². The molecule has 1 aromatic rings. The summed E-state index contributed by atoms with van der Waals surface area (Å²) in [5.74, 6) is 0. The molecule has 0 bridgehead atoms. The van der Waals surface area contributed by atoms with Gasteiger partial charge >= 0.3 is 0 Å². The molecular formula is C7H9NO. The fraction of sp³-hybridized carbons (Fsp3) is 0.143. The minimum Gasteiger partial charge on any atom is -0.472 e. The van der Waals surface area contributed by atoms with E-state index in [1.165, 1.54) is 0 Å². The van der Waals surface area contributed by atoms with Gasteiger partial charge in [0.2, 0.25) is 0 Å². The molecule has 0 radical (unpaired) electrons. The number of nitrogens with two attached hydrogens (primary N) is 1. The van der Waals surface area contributed by atoms with Crippen LogP contribution < -0.4 is 5.73 Å². The smallest absolute Gasteiger partial charge is 0.0938 e. The molecule has 0 atom stereocenters. The Hall–Kier alpha value is -1.18. The third-order valence-corrected chi connectivity index (χ3v) is 1.01. The van der Waals surface area contributed by atoms with Crippen molar-refractivity contribution < 1.29 is 4.42 Å². The Kier molecular flexibility index (Phi) is 1.58. The van der Waals surface area contributed by atoms with Crippen molar-refractivity contribution in [3.63, 3.8) is 0 Å². The van der Waals surface area contributed by atoms with Gasteiger partial charge in [-0.2, -0.15) is 0 Å². The molecule has 2 heteroatoms. The average molecular weight is 123 g/mol. The second-order valence-corrected chi connectivity index (χ2v) is 1.97. The van der Waals surface area contributed by atoms with Gasteiger partial charge in [0.1, 0.15) is 0 Å². The highest BCUT2D eigenvalue weighted by Crippen LogP contribution is 2.02. The Bertz CT molecular complexity index is 189. The van der Waals surface area contributed by atoms with E-state index in [2.05, 4.69) is 6.58 Å². The van der Waals surface area contributed by atoms with Crippen LogP contribution >= 0.6 is 0 Å². The largest absolute Gasteiger partial charge is 0.472 e. The van der Waals surface area contributed by atoms with Gasteiger partial charge < -0.3 is 10.2 Å². The second-order valence-electron chi connectivity index (χ2n) is 1.97. The summed E-state index contributed by atoms with van der Waals surface area (Å²) >= 11 is 0. The Labute approximate surface area is 54.0 Å². The molecule has 1 rings (SSSR count). The monoisotopic (exact) mass is 123 g/mol. The van der Waals surface area contributed by atoms with E-state index in [9.17, 15) is 0 Å². The van der Waals surface area contributed by atoms with E-state index in [0.29, 0.717) is 12.1 Å². The highest BCUT2D eigenvalue weighted by atomic mass is 16.3. The zero-order valence-electron chi connectivity index (χ0n) is 5.13.